The summed E-state index contributed by atoms with van der Waals surface area (Å²) in [6, 6.07) is 9.19. The normalized spacial score (nSPS) is 15.5. The van der Waals surface area contributed by atoms with E-state index in [4.69, 9.17) is 5.73 Å². The molecule has 0 saturated heterocycles. The third-order valence-corrected chi connectivity index (χ3v) is 5.72. The number of hydrogen-bond donors (Lipinski definition) is 2. The summed E-state index contributed by atoms with van der Waals surface area (Å²) in [5.74, 6) is -3.59. The topological polar surface area (TPSA) is 110 Å². The van der Waals surface area contributed by atoms with Crippen molar-refractivity contribution in [3.63, 3.8) is 0 Å². The first-order valence-electron chi connectivity index (χ1n) is 10.1. The van der Waals surface area contributed by atoms with Gasteiger partial charge in [-0.2, -0.15) is 9.49 Å². The molecule has 8 nitrogen and oxygen atoms in total. The summed E-state index contributed by atoms with van der Waals surface area (Å²) in [5.41, 5.74) is 8.51. The molecule has 1 unspecified atom stereocenters. The molecule has 166 valence electrons. The van der Waals surface area contributed by atoms with E-state index in [0.717, 1.165) is 23.4 Å². The van der Waals surface area contributed by atoms with E-state index in [0.29, 0.717) is 17.5 Å². The number of aromatic hydroxyl groups is 1. The lowest BCUT2D eigenvalue weighted by Crippen LogP contribution is -2.40. The number of benzene rings is 2. The molecule has 4 aromatic rings. The minimum Gasteiger partial charge on any atom is -0.505 e. The van der Waals surface area contributed by atoms with E-state index in [2.05, 4.69) is 21.6 Å². The van der Waals surface area contributed by atoms with Crippen LogP contribution < -0.4 is 10.6 Å². The Kier molecular flexibility index (Phi) is 4.77. The van der Waals surface area contributed by atoms with Crippen LogP contribution in [0.25, 0.3) is 22.3 Å². The van der Waals surface area contributed by atoms with Gasteiger partial charge in [0, 0.05) is 17.8 Å². The first kappa shape index (κ1) is 20.6. The van der Waals surface area contributed by atoms with E-state index < -0.39 is 17.4 Å². The van der Waals surface area contributed by atoms with E-state index in [-0.39, 0.29) is 35.6 Å². The molecule has 3 heterocycles. The summed E-state index contributed by atoms with van der Waals surface area (Å²) in [6.07, 6.45) is 3.07. The van der Waals surface area contributed by atoms with Gasteiger partial charge in [0.15, 0.2) is 23.0 Å². The highest BCUT2D eigenvalue weighted by Gasteiger charge is 2.31. The van der Waals surface area contributed by atoms with E-state index in [1.807, 2.05) is 24.3 Å². The number of nitrogens with zero attached hydrogens (tertiary/aromatic N) is 5. The first-order chi connectivity index (χ1) is 15.9. The van der Waals surface area contributed by atoms with Gasteiger partial charge in [0.1, 0.15) is 17.8 Å². The third kappa shape index (κ3) is 3.27. The number of nitrogen functional groups attached to an aromatic ring is 1. The van der Waals surface area contributed by atoms with Crippen molar-refractivity contribution in [3.05, 3.63) is 72.6 Å². The molecule has 0 saturated carbocycles. The fourth-order valence-corrected chi connectivity index (χ4v) is 4.22. The van der Waals surface area contributed by atoms with Crippen LogP contribution in [0, 0.1) is 11.6 Å². The van der Waals surface area contributed by atoms with Gasteiger partial charge in [-0.05, 0) is 36.3 Å². The largest absolute Gasteiger partial charge is 0.505 e. The number of rotatable bonds is 3. The lowest BCUT2D eigenvalue weighted by molar-refractivity contribution is -0.114. The number of amides is 1. The van der Waals surface area contributed by atoms with E-state index in [9.17, 15) is 18.7 Å². The summed E-state index contributed by atoms with van der Waals surface area (Å²) >= 11 is 0. The van der Waals surface area contributed by atoms with Crippen LogP contribution in [-0.4, -0.2) is 37.3 Å². The van der Waals surface area contributed by atoms with E-state index in [1.165, 1.54) is 12.4 Å². The maximum Gasteiger partial charge on any atom is 0.250 e. The molecular formula is C23H18F2N6O2. The zero-order valence-electron chi connectivity index (χ0n) is 17.2. The van der Waals surface area contributed by atoms with Crippen molar-refractivity contribution in [3.8, 4) is 17.0 Å². The lowest BCUT2D eigenvalue weighted by atomic mass is 9.97. The van der Waals surface area contributed by atoms with Gasteiger partial charge in [-0.15, -0.1) is 0 Å². The predicted molar refractivity (Wildman–Crippen MR) is 118 cm³/mol. The Morgan fingerprint density at radius 1 is 1.24 bits per heavy atom. The molecule has 3 N–H and O–H groups in total. The van der Waals surface area contributed by atoms with Crippen LogP contribution in [0.1, 0.15) is 11.6 Å². The Morgan fingerprint density at radius 2 is 2.03 bits per heavy atom. The molecule has 0 bridgehead atoms. The molecule has 1 aliphatic rings. The standard InChI is InChI=1S/C23H18F2N6O2/c1-2-18(33)30-10-14(7-12-5-3-4-6-16(12)30)31-23-19(22(26)27-11-28-23)21(29-31)13-8-15(24)20(25)17(32)9-13/h2-6,8-9,11,14,32H,1,7,10H2,(H2,26,27,28). The van der Waals surface area contributed by atoms with Gasteiger partial charge in [-0.25, -0.2) is 19.0 Å². The van der Waals surface area contributed by atoms with Crippen molar-refractivity contribution in [2.24, 2.45) is 0 Å². The molecular weight excluding hydrogens is 430 g/mol. The monoisotopic (exact) mass is 448 g/mol. The number of para-hydroxylation sites is 1. The summed E-state index contributed by atoms with van der Waals surface area (Å²) in [6.45, 7) is 3.88. The fourth-order valence-electron chi connectivity index (χ4n) is 4.22. The van der Waals surface area contributed by atoms with Gasteiger partial charge in [-0.3, -0.25) is 4.79 Å². The third-order valence-electron chi connectivity index (χ3n) is 5.72. The Hall–Kier alpha value is -4.34. The zero-order valence-corrected chi connectivity index (χ0v) is 17.2. The van der Waals surface area contributed by atoms with Gasteiger partial charge in [-0.1, -0.05) is 24.8 Å². The molecule has 1 aliphatic heterocycles. The number of aromatic nitrogens is 4. The highest BCUT2D eigenvalue weighted by atomic mass is 19.2. The molecule has 0 spiro atoms. The number of carbonyl (C=O) groups excluding carboxylic acids is 1. The fraction of sp³-hybridized carbons (Fsp3) is 0.130. The summed E-state index contributed by atoms with van der Waals surface area (Å²) < 4.78 is 29.3. The minimum atomic E-state index is -1.35. The SMILES string of the molecule is C=CC(=O)N1CC(n2nc(-c3cc(O)c(F)c(F)c3)c3c(N)ncnc32)Cc2ccccc21. The van der Waals surface area contributed by atoms with E-state index >= 15 is 0 Å². The number of halogens is 2. The van der Waals surface area contributed by atoms with Crippen LogP contribution >= 0.6 is 0 Å². The molecule has 0 radical (unpaired) electrons. The van der Waals surface area contributed by atoms with E-state index in [1.54, 1.807) is 9.58 Å². The predicted octanol–water partition coefficient (Wildman–Crippen LogP) is 3.38. The van der Waals surface area contributed by atoms with Crippen molar-refractivity contribution in [2.45, 2.75) is 12.5 Å². The summed E-state index contributed by atoms with van der Waals surface area (Å²) in [4.78, 5) is 22.5. The highest BCUT2D eigenvalue weighted by Crippen LogP contribution is 2.38. The van der Waals surface area contributed by atoms with Crippen molar-refractivity contribution in [1.29, 1.82) is 0 Å². The zero-order chi connectivity index (χ0) is 23.3. The first-order valence-corrected chi connectivity index (χ1v) is 10.1. The quantitative estimate of drug-likeness (QED) is 0.465. The maximum absolute atomic E-state index is 14.0. The molecule has 0 aliphatic carbocycles. The Labute approximate surface area is 186 Å². The number of fused-ring (bicyclic) bond motifs is 2. The van der Waals surface area contributed by atoms with Crippen LogP contribution in [-0.2, 0) is 11.2 Å². The minimum absolute atomic E-state index is 0.0979. The van der Waals surface area contributed by atoms with Crippen LogP contribution in [0.4, 0.5) is 20.3 Å². The van der Waals surface area contributed by atoms with Gasteiger partial charge < -0.3 is 15.7 Å². The summed E-state index contributed by atoms with van der Waals surface area (Å²) in [7, 11) is 0. The van der Waals surface area contributed by atoms with Crippen LogP contribution in [0.2, 0.25) is 0 Å². The van der Waals surface area contributed by atoms with Crippen molar-refractivity contribution in [1.82, 2.24) is 19.7 Å². The van der Waals surface area contributed by atoms with Gasteiger partial charge in [0.25, 0.3) is 0 Å². The van der Waals surface area contributed by atoms with Crippen LogP contribution in [0.5, 0.6) is 5.75 Å². The lowest BCUT2D eigenvalue weighted by Gasteiger charge is -2.34. The van der Waals surface area contributed by atoms with Crippen LogP contribution in [0.15, 0.2) is 55.4 Å². The molecule has 10 heteroatoms. The van der Waals surface area contributed by atoms with Gasteiger partial charge in [0.05, 0.1) is 11.4 Å². The maximum atomic E-state index is 14.0. The molecule has 0 fully saturated rings. The Bertz CT molecular complexity index is 1410. The second-order valence-corrected chi connectivity index (χ2v) is 7.68. The van der Waals surface area contributed by atoms with Crippen molar-refractivity contribution in [2.75, 3.05) is 17.2 Å². The average Bonchev–Trinajstić information content (AvgIpc) is 3.22. The molecule has 5 rings (SSSR count). The number of nitrogens with two attached hydrogens (primary N) is 1. The molecule has 33 heavy (non-hydrogen) atoms. The second kappa shape index (κ2) is 7.66. The highest BCUT2D eigenvalue weighted by molar-refractivity contribution is 6.02. The average molecular weight is 448 g/mol. The number of hydrogen-bond acceptors (Lipinski definition) is 6. The van der Waals surface area contributed by atoms with Crippen molar-refractivity contribution >= 4 is 28.4 Å². The molecule has 2 aromatic heterocycles. The number of phenols is 1. The second-order valence-electron chi connectivity index (χ2n) is 7.68. The number of anilines is 2. The Morgan fingerprint density at radius 3 is 2.79 bits per heavy atom. The number of phenolic OH excluding ortho intramolecular Hbond substituents is 1. The molecule has 2 aromatic carbocycles. The van der Waals surface area contributed by atoms with Gasteiger partial charge in [0.2, 0.25) is 5.91 Å². The van der Waals surface area contributed by atoms with Crippen LogP contribution in [0.3, 0.4) is 0 Å². The number of carbonyl (C=O) groups is 1. The van der Waals surface area contributed by atoms with Gasteiger partial charge >= 0.3 is 0 Å². The summed E-state index contributed by atoms with van der Waals surface area (Å²) in [5, 5.41) is 14.8. The Balaban J connectivity index is 1.70. The van der Waals surface area contributed by atoms with Crippen molar-refractivity contribution < 1.29 is 18.7 Å². The smallest absolute Gasteiger partial charge is 0.250 e. The molecule has 1 atom stereocenters. The molecule has 1 amide bonds.